The van der Waals surface area contributed by atoms with Crippen LogP contribution in [0, 0.1) is 57.7 Å². The molecule has 2 N–H and O–H groups in total. The van der Waals surface area contributed by atoms with Crippen molar-refractivity contribution >= 4 is 27.9 Å². The lowest BCUT2D eigenvalue weighted by molar-refractivity contribution is -0.161. The van der Waals surface area contributed by atoms with Crippen molar-refractivity contribution in [1.82, 2.24) is 0 Å². The smallest absolute Gasteiger partial charge is 0.310 e. The molecule has 0 aromatic heterocycles. The normalized spacial score (nSPS) is 38.9. The maximum atomic E-state index is 12.6. The Morgan fingerprint density at radius 3 is 2.42 bits per heavy atom. The summed E-state index contributed by atoms with van der Waals surface area (Å²) in [6, 6.07) is 0. The van der Waals surface area contributed by atoms with E-state index in [4.69, 9.17) is 0 Å². The minimum atomic E-state index is -1.19. The monoisotopic (exact) mass is 592 g/mol. The van der Waals surface area contributed by atoms with Crippen molar-refractivity contribution < 1.29 is 19.8 Å². The molecule has 5 heteroatoms. The highest BCUT2D eigenvalue weighted by Gasteiger charge is 2.60. The number of carbonyl (C=O) groups is 2. The fourth-order valence-corrected chi connectivity index (χ4v) is 11.1. The summed E-state index contributed by atoms with van der Waals surface area (Å²) in [6.45, 7) is 12.3. The van der Waals surface area contributed by atoms with Gasteiger partial charge < -0.3 is 10.2 Å². The van der Waals surface area contributed by atoms with Crippen LogP contribution in [0.4, 0.5) is 0 Å². The third kappa shape index (κ3) is 5.28. The number of carboxylic acids is 2. The predicted octanol–water partition coefficient (Wildman–Crippen LogP) is 8.97. The summed E-state index contributed by atoms with van der Waals surface area (Å²) in [4.78, 5) is 24.3. The summed E-state index contributed by atoms with van der Waals surface area (Å²) < 4.78 is 0. The summed E-state index contributed by atoms with van der Waals surface area (Å²) in [7, 11) is 0. The molecule has 0 aromatic rings. The lowest BCUT2D eigenvalue weighted by Crippen LogP contribution is -2.52. The molecular formula is C33H53BrO4. The molecule has 0 saturated heterocycles. The Hall–Kier alpha value is -0.840. The molecule has 0 heterocycles. The second kappa shape index (κ2) is 11.6. The van der Waals surface area contributed by atoms with Crippen LogP contribution < -0.4 is 0 Å². The van der Waals surface area contributed by atoms with Gasteiger partial charge >= 0.3 is 11.9 Å². The highest BCUT2D eigenvalue weighted by atomic mass is 79.9. The quantitative estimate of drug-likeness (QED) is 0.185. The largest absolute Gasteiger partial charge is 0.481 e. The fourth-order valence-electron chi connectivity index (χ4n) is 10.4. The number of fused-ring (bicyclic) bond motifs is 5. The van der Waals surface area contributed by atoms with E-state index < -0.39 is 17.4 Å². The molecule has 0 aliphatic heterocycles. The van der Waals surface area contributed by atoms with E-state index >= 15 is 0 Å². The second-order valence-corrected chi connectivity index (χ2v) is 15.5. The van der Waals surface area contributed by atoms with Crippen molar-refractivity contribution in [1.29, 1.82) is 0 Å². The van der Waals surface area contributed by atoms with Gasteiger partial charge in [0.1, 0.15) is 0 Å². The molecule has 3 saturated carbocycles. The summed E-state index contributed by atoms with van der Waals surface area (Å²) in [6.07, 6.45) is 15.8. The third-order valence-electron chi connectivity index (χ3n) is 12.5. The number of allylic oxidation sites excluding steroid dienone is 2. The molecule has 0 amide bonds. The van der Waals surface area contributed by atoms with Crippen LogP contribution in [0.3, 0.4) is 0 Å². The van der Waals surface area contributed by atoms with Gasteiger partial charge in [-0.3, -0.25) is 9.59 Å². The molecule has 3 fully saturated rings. The highest BCUT2D eigenvalue weighted by molar-refractivity contribution is 9.09. The SMILES string of the molecule is CC(C)CCC[C@@H](C)[C@H]1CCC2C3CC=C4CC(C(CCBr)(CC(=O)O)C(=O)O)CC[C@]4(C)C3CC[C@@]21C. The van der Waals surface area contributed by atoms with Crippen LogP contribution in [0.5, 0.6) is 0 Å². The van der Waals surface area contributed by atoms with Gasteiger partial charge in [0.05, 0.1) is 11.8 Å². The predicted molar refractivity (Wildman–Crippen MR) is 157 cm³/mol. The van der Waals surface area contributed by atoms with Crippen molar-refractivity contribution in [3.63, 3.8) is 0 Å². The molecule has 216 valence electrons. The van der Waals surface area contributed by atoms with Crippen LogP contribution in [0.25, 0.3) is 0 Å². The summed E-state index contributed by atoms with van der Waals surface area (Å²) in [5.74, 6) is 2.66. The first-order valence-electron chi connectivity index (χ1n) is 15.6. The van der Waals surface area contributed by atoms with Crippen molar-refractivity contribution in [2.24, 2.45) is 57.7 Å². The minimum absolute atomic E-state index is 0.110. The molecule has 0 bridgehead atoms. The van der Waals surface area contributed by atoms with Crippen LogP contribution in [0.2, 0.25) is 0 Å². The van der Waals surface area contributed by atoms with E-state index in [1.807, 2.05) is 0 Å². The average molecular weight is 594 g/mol. The number of halogens is 1. The number of carboxylic acid groups (broad SMARTS) is 2. The standard InChI is InChI=1S/C33H53BrO4/c1-21(2)7-6-8-22(3)26-11-12-27-25-10-9-23-19-24(33(17-18-34,30(37)38)20-29(35)36)13-15-31(23,4)28(25)14-16-32(26,27)5/h9,21-22,24-28H,6-8,10-20H2,1-5H3,(H,35,36)(H,37,38)/t22-,24?,25?,26-,27?,28?,31+,32-,33?/m1/s1. The van der Waals surface area contributed by atoms with Crippen molar-refractivity contribution in [3.8, 4) is 0 Å². The van der Waals surface area contributed by atoms with Crippen molar-refractivity contribution in [3.05, 3.63) is 11.6 Å². The van der Waals surface area contributed by atoms with Crippen LogP contribution in [-0.4, -0.2) is 27.5 Å². The van der Waals surface area contributed by atoms with Gasteiger partial charge in [-0.1, -0.05) is 81.5 Å². The number of alkyl halides is 1. The maximum Gasteiger partial charge on any atom is 0.310 e. The molecule has 4 nitrogen and oxygen atoms in total. The zero-order valence-electron chi connectivity index (χ0n) is 24.6. The lowest BCUT2D eigenvalue weighted by atomic mass is 9.45. The maximum absolute atomic E-state index is 12.6. The van der Waals surface area contributed by atoms with Crippen LogP contribution in [0.15, 0.2) is 11.6 Å². The fraction of sp³-hybridized carbons (Fsp3) is 0.879. The van der Waals surface area contributed by atoms with E-state index in [0.717, 1.165) is 55.3 Å². The number of aliphatic carboxylic acids is 2. The third-order valence-corrected chi connectivity index (χ3v) is 12.9. The summed E-state index contributed by atoms with van der Waals surface area (Å²) in [5, 5.41) is 20.4. The Morgan fingerprint density at radius 2 is 1.79 bits per heavy atom. The van der Waals surface area contributed by atoms with Gasteiger partial charge in [0.15, 0.2) is 0 Å². The number of hydrogen-bond donors (Lipinski definition) is 2. The minimum Gasteiger partial charge on any atom is -0.481 e. The molecule has 0 spiro atoms. The first-order chi connectivity index (χ1) is 17.9. The van der Waals surface area contributed by atoms with Gasteiger partial charge in [0.25, 0.3) is 0 Å². The van der Waals surface area contributed by atoms with Gasteiger partial charge in [0, 0.05) is 5.33 Å². The summed E-state index contributed by atoms with van der Waals surface area (Å²) in [5.41, 5.74) is 0.862. The molecule has 5 unspecified atom stereocenters. The zero-order valence-corrected chi connectivity index (χ0v) is 26.2. The topological polar surface area (TPSA) is 74.6 Å². The van der Waals surface area contributed by atoms with Crippen molar-refractivity contribution in [2.45, 2.75) is 118 Å². The molecule has 4 rings (SSSR count). The van der Waals surface area contributed by atoms with Crippen LogP contribution in [-0.2, 0) is 9.59 Å². The molecule has 38 heavy (non-hydrogen) atoms. The van der Waals surface area contributed by atoms with Gasteiger partial charge in [0.2, 0.25) is 0 Å². The zero-order chi connectivity index (χ0) is 27.9. The van der Waals surface area contributed by atoms with E-state index in [2.05, 4.69) is 56.6 Å². The van der Waals surface area contributed by atoms with E-state index in [-0.39, 0.29) is 17.8 Å². The average Bonchev–Trinajstić information content (AvgIpc) is 3.19. The highest BCUT2D eigenvalue weighted by Crippen LogP contribution is 2.68. The second-order valence-electron chi connectivity index (χ2n) is 14.7. The molecular weight excluding hydrogens is 540 g/mol. The Labute approximate surface area is 239 Å². The van der Waals surface area contributed by atoms with E-state index in [9.17, 15) is 19.8 Å². The van der Waals surface area contributed by atoms with Gasteiger partial charge in [-0.2, -0.15) is 0 Å². The van der Waals surface area contributed by atoms with E-state index in [1.54, 1.807) is 0 Å². The molecule has 4 aliphatic rings. The van der Waals surface area contributed by atoms with Crippen LogP contribution >= 0.6 is 15.9 Å². The van der Waals surface area contributed by atoms with Crippen LogP contribution in [0.1, 0.15) is 118 Å². The van der Waals surface area contributed by atoms with Gasteiger partial charge in [-0.05, 0) is 110 Å². The molecule has 4 aliphatic carbocycles. The molecule has 9 atom stereocenters. The first kappa shape index (κ1) is 30.1. The summed E-state index contributed by atoms with van der Waals surface area (Å²) >= 11 is 3.43. The molecule has 0 aromatic carbocycles. The Balaban J connectivity index is 1.52. The first-order valence-corrected chi connectivity index (χ1v) is 16.7. The Kier molecular flexibility index (Phi) is 9.17. The Morgan fingerprint density at radius 1 is 1.05 bits per heavy atom. The number of hydrogen-bond acceptors (Lipinski definition) is 2. The number of rotatable bonds is 11. The van der Waals surface area contributed by atoms with E-state index in [0.29, 0.717) is 23.1 Å². The van der Waals surface area contributed by atoms with Crippen molar-refractivity contribution in [2.75, 3.05) is 5.33 Å². The van der Waals surface area contributed by atoms with E-state index in [1.165, 1.54) is 50.5 Å². The lowest BCUT2D eigenvalue weighted by Gasteiger charge is -2.59. The Bertz CT molecular complexity index is 913. The van der Waals surface area contributed by atoms with Gasteiger partial charge in [-0.15, -0.1) is 0 Å². The van der Waals surface area contributed by atoms with Gasteiger partial charge in [-0.25, -0.2) is 0 Å². The molecule has 0 radical (unpaired) electrons.